The van der Waals surface area contributed by atoms with Crippen molar-refractivity contribution < 1.29 is 24.5 Å². The summed E-state index contributed by atoms with van der Waals surface area (Å²) in [6.45, 7) is 10.8. The minimum Gasteiger partial charge on any atom is -0.479 e. The average molecular weight is 619 g/mol. The normalized spacial score (nSPS) is 13.7. The predicted molar refractivity (Wildman–Crippen MR) is 171 cm³/mol. The van der Waals surface area contributed by atoms with Crippen LogP contribution in [0.1, 0.15) is 59.1 Å². The van der Waals surface area contributed by atoms with Crippen LogP contribution in [0, 0.1) is 5.92 Å². The molecule has 4 rings (SSSR count). The Morgan fingerprint density at radius 2 is 1.78 bits per heavy atom. The van der Waals surface area contributed by atoms with E-state index in [9.17, 15) is 19.8 Å². The van der Waals surface area contributed by atoms with Gasteiger partial charge in [0, 0.05) is 36.8 Å². The van der Waals surface area contributed by atoms with Crippen LogP contribution in [0.3, 0.4) is 0 Å². The molecule has 1 aromatic carbocycles. The van der Waals surface area contributed by atoms with E-state index in [-0.39, 0.29) is 18.9 Å². The van der Waals surface area contributed by atoms with E-state index in [0.717, 1.165) is 22.4 Å². The molecule has 0 aliphatic heterocycles. The Morgan fingerprint density at radius 1 is 1.04 bits per heavy atom. The number of nitrogens with one attached hydrogen (secondary N) is 3. The number of pyridine rings is 1. The molecule has 13 nitrogen and oxygen atoms in total. The summed E-state index contributed by atoms with van der Waals surface area (Å²) < 4.78 is 6.93. The van der Waals surface area contributed by atoms with E-state index in [1.54, 1.807) is 51.5 Å². The van der Waals surface area contributed by atoms with Crippen LogP contribution in [-0.2, 0) is 22.5 Å². The van der Waals surface area contributed by atoms with Crippen molar-refractivity contribution >= 4 is 29.6 Å². The van der Waals surface area contributed by atoms with Crippen LogP contribution in [0.5, 0.6) is 0 Å². The second-order valence-corrected chi connectivity index (χ2v) is 12.2. The van der Waals surface area contributed by atoms with Crippen molar-refractivity contribution in [2.45, 2.75) is 78.2 Å². The first-order valence-corrected chi connectivity index (χ1v) is 15.0. The largest absolute Gasteiger partial charge is 0.479 e. The van der Waals surface area contributed by atoms with E-state index < -0.39 is 35.2 Å². The van der Waals surface area contributed by atoms with Crippen molar-refractivity contribution in [3.8, 4) is 11.3 Å². The van der Waals surface area contributed by atoms with Gasteiger partial charge in [0.2, 0.25) is 11.9 Å². The summed E-state index contributed by atoms with van der Waals surface area (Å²) in [5.74, 6) is -1.15. The number of anilines is 2. The standard InChI is InChI=1S/C32H42N8O5/c1-7-22-18-36-40-26(22)37-28(38-29(40)35-17-21-11-13-23(14-12-21)25-10-8-9-15-33-25)34-19-24(41)16-32(20(2)3,27(42)43)39-30(44)45-31(4,5)6/h8-15,18,20,24,41H,7,16-17,19H2,1-6H3,(H,39,44)(H,42,43)(H2,34,35,37,38)/t24-,32-/m1/s1. The highest BCUT2D eigenvalue weighted by molar-refractivity contribution is 5.85. The molecule has 1 amide bonds. The van der Waals surface area contributed by atoms with Crippen molar-refractivity contribution in [2.75, 3.05) is 17.2 Å². The monoisotopic (exact) mass is 618 g/mol. The zero-order chi connectivity index (χ0) is 32.8. The zero-order valence-electron chi connectivity index (χ0n) is 26.5. The molecule has 0 saturated carbocycles. The van der Waals surface area contributed by atoms with Gasteiger partial charge in [-0.15, -0.1) is 0 Å². The van der Waals surface area contributed by atoms with Gasteiger partial charge in [-0.2, -0.15) is 19.6 Å². The number of nitrogens with zero attached hydrogens (tertiary/aromatic N) is 5. The molecule has 0 fully saturated rings. The maximum absolute atomic E-state index is 12.6. The number of aliphatic hydroxyl groups excluding tert-OH is 1. The highest BCUT2D eigenvalue weighted by Gasteiger charge is 2.45. The van der Waals surface area contributed by atoms with Crippen LogP contribution < -0.4 is 16.0 Å². The summed E-state index contributed by atoms with van der Waals surface area (Å²) in [6.07, 6.45) is 1.87. The van der Waals surface area contributed by atoms with Gasteiger partial charge in [-0.05, 0) is 50.8 Å². The molecule has 0 bridgehead atoms. The lowest BCUT2D eigenvalue weighted by atomic mass is 9.81. The number of rotatable bonds is 13. The van der Waals surface area contributed by atoms with E-state index in [1.165, 1.54) is 0 Å². The maximum Gasteiger partial charge on any atom is 0.408 e. The second kappa shape index (κ2) is 13.9. The molecule has 0 aliphatic rings. The number of carboxylic acid groups (broad SMARTS) is 1. The van der Waals surface area contributed by atoms with Gasteiger partial charge in [-0.3, -0.25) is 4.98 Å². The second-order valence-electron chi connectivity index (χ2n) is 12.2. The summed E-state index contributed by atoms with van der Waals surface area (Å²) in [7, 11) is 0. The number of hydrogen-bond donors (Lipinski definition) is 5. The minimum absolute atomic E-state index is 0.0715. The number of aromatic nitrogens is 5. The first-order valence-electron chi connectivity index (χ1n) is 15.0. The summed E-state index contributed by atoms with van der Waals surface area (Å²) in [5.41, 5.74) is 1.85. The van der Waals surface area contributed by atoms with Crippen LogP contribution >= 0.6 is 0 Å². The highest BCUT2D eigenvalue weighted by atomic mass is 16.6. The van der Waals surface area contributed by atoms with E-state index in [1.807, 2.05) is 49.4 Å². The molecule has 0 radical (unpaired) electrons. The number of alkyl carbamates (subject to hydrolysis) is 1. The first kappa shape index (κ1) is 33.1. The fourth-order valence-electron chi connectivity index (χ4n) is 4.83. The minimum atomic E-state index is -1.77. The number of ether oxygens (including phenoxy) is 1. The molecular formula is C32H42N8O5. The number of aliphatic carboxylic acids is 1. The lowest BCUT2D eigenvalue weighted by Gasteiger charge is -2.36. The smallest absolute Gasteiger partial charge is 0.408 e. The highest BCUT2D eigenvalue weighted by Crippen LogP contribution is 2.26. The lowest BCUT2D eigenvalue weighted by molar-refractivity contribution is -0.148. The number of carbonyl (C=O) groups excluding carboxylic acids is 1. The summed E-state index contributed by atoms with van der Waals surface area (Å²) in [4.78, 5) is 38.6. The van der Waals surface area contributed by atoms with Gasteiger partial charge in [0.15, 0.2) is 5.65 Å². The van der Waals surface area contributed by atoms with Crippen molar-refractivity contribution in [3.63, 3.8) is 0 Å². The molecule has 5 N–H and O–H groups in total. The third kappa shape index (κ3) is 8.24. The van der Waals surface area contributed by atoms with E-state index in [4.69, 9.17) is 4.74 Å². The number of amides is 1. The molecule has 45 heavy (non-hydrogen) atoms. The molecule has 3 aromatic heterocycles. The summed E-state index contributed by atoms with van der Waals surface area (Å²) in [5, 5.41) is 34.4. The number of aliphatic hydroxyl groups is 1. The van der Waals surface area contributed by atoms with Gasteiger partial charge < -0.3 is 30.9 Å². The average Bonchev–Trinajstić information content (AvgIpc) is 3.41. The molecule has 0 aliphatic carbocycles. The Hall–Kier alpha value is -4.78. The molecular weight excluding hydrogens is 576 g/mol. The first-order chi connectivity index (χ1) is 21.3. The van der Waals surface area contributed by atoms with E-state index in [2.05, 4.69) is 36.0 Å². The van der Waals surface area contributed by atoms with Crippen LogP contribution in [-0.4, -0.2) is 70.6 Å². The maximum atomic E-state index is 12.6. The predicted octanol–water partition coefficient (Wildman–Crippen LogP) is 4.53. The number of fused-ring (bicyclic) bond motifs is 1. The van der Waals surface area contributed by atoms with Gasteiger partial charge in [0.05, 0.1) is 18.0 Å². The Bertz CT molecular complexity index is 1600. The third-order valence-corrected chi connectivity index (χ3v) is 7.33. The molecule has 2 atom stereocenters. The lowest BCUT2D eigenvalue weighted by Crippen LogP contribution is -2.60. The Morgan fingerprint density at radius 3 is 2.38 bits per heavy atom. The number of carbonyl (C=O) groups is 2. The Kier molecular flexibility index (Phi) is 10.2. The quantitative estimate of drug-likeness (QED) is 0.142. The summed E-state index contributed by atoms with van der Waals surface area (Å²) in [6, 6.07) is 13.8. The van der Waals surface area contributed by atoms with E-state index in [0.29, 0.717) is 24.6 Å². The molecule has 13 heteroatoms. The van der Waals surface area contributed by atoms with E-state index >= 15 is 0 Å². The molecule has 3 heterocycles. The number of benzene rings is 1. The van der Waals surface area contributed by atoms with Crippen molar-refractivity contribution in [3.05, 3.63) is 66.0 Å². The van der Waals surface area contributed by atoms with Gasteiger partial charge >= 0.3 is 12.1 Å². The van der Waals surface area contributed by atoms with Gasteiger partial charge in [0.25, 0.3) is 0 Å². The Labute approximate surface area is 262 Å². The third-order valence-electron chi connectivity index (χ3n) is 7.33. The van der Waals surface area contributed by atoms with Gasteiger partial charge in [-0.1, -0.05) is 51.1 Å². The molecule has 4 aromatic rings. The molecule has 0 saturated heterocycles. The van der Waals surface area contributed by atoms with Gasteiger partial charge in [-0.25, -0.2) is 9.59 Å². The molecule has 240 valence electrons. The van der Waals surface area contributed by atoms with Crippen LogP contribution in [0.2, 0.25) is 0 Å². The zero-order valence-corrected chi connectivity index (χ0v) is 26.5. The number of carboxylic acids is 1. The van der Waals surface area contributed by atoms with Crippen molar-refractivity contribution in [2.24, 2.45) is 5.92 Å². The Balaban J connectivity index is 1.49. The topological polar surface area (TPSA) is 176 Å². The number of hydrogen-bond acceptors (Lipinski definition) is 10. The molecule has 0 spiro atoms. The van der Waals surface area contributed by atoms with Crippen molar-refractivity contribution in [1.82, 2.24) is 29.9 Å². The SMILES string of the molecule is CCc1cnn2c(NCc3ccc(-c4ccccn4)cc3)nc(NC[C@H](O)C[C@](NC(=O)OC(C)(C)C)(C(=O)O)C(C)C)nc12. The number of aryl methyl sites for hydroxylation is 1. The van der Waals surface area contributed by atoms with Crippen molar-refractivity contribution in [1.29, 1.82) is 0 Å². The summed E-state index contributed by atoms with van der Waals surface area (Å²) >= 11 is 0. The van der Waals surface area contributed by atoms with Crippen LogP contribution in [0.25, 0.3) is 16.9 Å². The fraction of sp³-hybridized carbons (Fsp3) is 0.438. The van der Waals surface area contributed by atoms with Gasteiger partial charge in [0.1, 0.15) is 11.1 Å². The van der Waals surface area contributed by atoms with Crippen LogP contribution in [0.4, 0.5) is 16.7 Å². The van der Waals surface area contributed by atoms with Crippen LogP contribution in [0.15, 0.2) is 54.9 Å². The molecule has 0 unspecified atom stereocenters. The fourth-order valence-corrected chi connectivity index (χ4v) is 4.83.